The van der Waals surface area contributed by atoms with E-state index in [2.05, 4.69) is 29.8 Å². The Hall–Kier alpha value is -2.16. The van der Waals surface area contributed by atoms with E-state index in [4.69, 9.17) is 0 Å². The first-order valence-electron chi connectivity index (χ1n) is 9.41. The van der Waals surface area contributed by atoms with Crippen molar-refractivity contribution < 1.29 is 6.22 Å². The van der Waals surface area contributed by atoms with Crippen LogP contribution in [0.2, 0.25) is 0 Å². The minimum absolute atomic E-state index is 0. The first-order valence-corrected chi connectivity index (χ1v) is 9.41. The maximum atomic E-state index is 13.0. The smallest absolute Gasteiger partial charge is 0.144 e. The van der Waals surface area contributed by atoms with Crippen LogP contribution in [-0.2, 0) is 10.2 Å². The van der Waals surface area contributed by atoms with Crippen molar-refractivity contribution in [3.05, 3.63) is 60.0 Å². The van der Waals surface area contributed by atoms with Crippen molar-refractivity contribution in [2.45, 2.75) is 50.9 Å². The molecule has 132 valence electrons. The topological polar surface area (TPSA) is 45.8 Å². The van der Waals surface area contributed by atoms with E-state index in [9.17, 15) is 4.79 Å². The maximum absolute atomic E-state index is 13.0. The summed E-state index contributed by atoms with van der Waals surface area (Å²) in [4.78, 5) is 13.0. The predicted molar refractivity (Wildman–Crippen MR) is 103 cm³/mol. The Labute approximate surface area is 151 Å². The molecule has 0 aliphatic heterocycles. The number of ketones is 1. The molecule has 2 saturated carbocycles. The lowest BCUT2D eigenvalue weighted by molar-refractivity contribution is -0.128. The number of carbonyl (C=O) groups excluding carboxylic acids is 1. The molecular weight excluding hydrogens is 308 g/mol. The number of aromatic amines is 1. The van der Waals surface area contributed by atoms with Gasteiger partial charge in [0.15, 0.2) is 0 Å². The minimum Gasteiger partial charge on any atom is -0.299 e. The average molecular weight is 336 g/mol. The first-order chi connectivity index (χ1) is 12.1. The lowest BCUT2D eigenvalue weighted by atomic mass is 9.62. The van der Waals surface area contributed by atoms with Crippen molar-refractivity contribution in [2.75, 3.05) is 0 Å². The highest BCUT2D eigenvalue weighted by atomic mass is 16.1. The Morgan fingerprint density at radius 2 is 2.08 bits per heavy atom. The van der Waals surface area contributed by atoms with Gasteiger partial charge in [-0.15, -0.1) is 0 Å². The second kappa shape index (κ2) is 6.29. The van der Waals surface area contributed by atoms with Crippen LogP contribution in [0.1, 0.15) is 58.3 Å². The molecule has 0 amide bonds. The monoisotopic (exact) mass is 336 g/mol. The van der Waals surface area contributed by atoms with Crippen LogP contribution in [0.25, 0.3) is 5.57 Å². The van der Waals surface area contributed by atoms with E-state index in [0.29, 0.717) is 11.7 Å². The number of nitrogens with zero attached hydrogens (tertiary/aromatic N) is 1. The fourth-order valence-electron chi connectivity index (χ4n) is 4.28. The number of allylic oxidation sites excluding steroid dienone is 7. The summed E-state index contributed by atoms with van der Waals surface area (Å²) >= 11 is 0. The standard InChI is InChI=1S/C22H26N2O.H2/c1-15-5-3-8-17(10-9-15)19-14-20(24-23-19)22(2)12-11-18(13-21(22)25)16-6-4-7-16;/h3,5,8-10,14,16,18H,1,4,6-7,11-13H2,2H3,(H,23,24);1H. The molecule has 1 N–H and O–H groups in total. The molecular formula is C22H28N2O. The molecule has 1 heterocycles. The third-order valence-electron chi connectivity index (χ3n) is 6.43. The summed E-state index contributed by atoms with van der Waals surface area (Å²) in [7, 11) is 0. The molecule has 2 unspecified atom stereocenters. The van der Waals surface area contributed by atoms with Crippen LogP contribution < -0.4 is 0 Å². The van der Waals surface area contributed by atoms with Gasteiger partial charge in [0.2, 0.25) is 0 Å². The average Bonchev–Trinajstić information content (AvgIpc) is 2.94. The van der Waals surface area contributed by atoms with E-state index in [0.717, 1.165) is 47.7 Å². The van der Waals surface area contributed by atoms with Crippen molar-refractivity contribution in [2.24, 2.45) is 11.8 Å². The first kappa shape index (κ1) is 16.3. The second-order valence-electron chi connectivity index (χ2n) is 8.01. The van der Waals surface area contributed by atoms with E-state index in [-0.39, 0.29) is 1.43 Å². The summed E-state index contributed by atoms with van der Waals surface area (Å²) in [5.74, 6) is 1.79. The van der Waals surface area contributed by atoms with Crippen LogP contribution in [0.4, 0.5) is 0 Å². The van der Waals surface area contributed by atoms with Crippen LogP contribution >= 0.6 is 0 Å². The van der Waals surface area contributed by atoms with Gasteiger partial charge in [0.05, 0.1) is 11.1 Å². The molecule has 3 heteroatoms. The number of Topliss-reactive ketones (excluding diaryl/α,β-unsaturated/α-hetero) is 1. The highest BCUT2D eigenvalue weighted by molar-refractivity contribution is 5.90. The molecule has 4 rings (SSSR count). The van der Waals surface area contributed by atoms with Crippen LogP contribution in [-0.4, -0.2) is 16.0 Å². The van der Waals surface area contributed by atoms with Gasteiger partial charge in [0.1, 0.15) is 5.78 Å². The molecule has 0 bridgehead atoms. The van der Waals surface area contributed by atoms with Crippen LogP contribution in [0.3, 0.4) is 0 Å². The molecule has 3 aliphatic carbocycles. The van der Waals surface area contributed by atoms with Gasteiger partial charge in [-0.05, 0) is 43.2 Å². The molecule has 2 fully saturated rings. The summed E-state index contributed by atoms with van der Waals surface area (Å²) in [6.45, 7) is 6.04. The van der Waals surface area contributed by atoms with Crippen molar-refractivity contribution in [3.63, 3.8) is 0 Å². The fourth-order valence-corrected chi connectivity index (χ4v) is 4.28. The van der Waals surface area contributed by atoms with E-state index in [1.54, 1.807) is 0 Å². The second-order valence-corrected chi connectivity index (χ2v) is 8.01. The number of H-pyrrole nitrogens is 1. The SMILES string of the molecule is C=C1C=CC=C(c2cc(C3(C)CCC(C4CCC4)CC3=O)[nH]n2)C=C1.[HH]. The van der Waals surface area contributed by atoms with E-state index >= 15 is 0 Å². The zero-order valence-corrected chi connectivity index (χ0v) is 14.9. The zero-order chi connectivity index (χ0) is 17.4. The van der Waals surface area contributed by atoms with E-state index in [1.807, 2.05) is 30.4 Å². The Bertz CT molecular complexity index is 797. The lowest BCUT2D eigenvalue weighted by Gasteiger charge is -2.41. The Morgan fingerprint density at radius 1 is 1.24 bits per heavy atom. The van der Waals surface area contributed by atoms with Gasteiger partial charge in [-0.1, -0.05) is 56.2 Å². The predicted octanol–water partition coefficient (Wildman–Crippen LogP) is 5.15. The van der Waals surface area contributed by atoms with E-state index < -0.39 is 5.41 Å². The number of hydrogen-bond donors (Lipinski definition) is 1. The molecule has 3 aliphatic rings. The van der Waals surface area contributed by atoms with Crippen LogP contribution in [0.5, 0.6) is 0 Å². The molecule has 3 nitrogen and oxygen atoms in total. The molecule has 0 spiro atoms. The molecule has 1 aromatic rings. The Morgan fingerprint density at radius 3 is 2.80 bits per heavy atom. The van der Waals surface area contributed by atoms with Crippen LogP contribution in [0, 0.1) is 11.8 Å². The van der Waals surface area contributed by atoms with Gasteiger partial charge in [-0.2, -0.15) is 5.10 Å². The van der Waals surface area contributed by atoms with Crippen molar-refractivity contribution in [1.29, 1.82) is 0 Å². The highest BCUT2D eigenvalue weighted by Crippen LogP contribution is 2.45. The summed E-state index contributed by atoms with van der Waals surface area (Å²) in [6.07, 6.45) is 16.8. The quantitative estimate of drug-likeness (QED) is 0.830. The highest BCUT2D eigenvalue weighted by Gasteiger charge is 2.44. The number of carbonyl (C=O) groups is 1. The van der Waals surface area contributed by atoms with Gasteiger partial charge in [0.25, 0.3) is 0 Å². The lowest BCUT2D eigenvalue weighted by Crippen LogP contribution is -2.41. The normalized spacial score (nSPS) is 30.1. The van der Waals surface area contributed by atoms with Gasteiger partial charge in [-0.3, -0.25) is 9.89 Å². The van der Waals surface area contributed by atoms with Gasteiger partial charge >= 0.3 is 0 Å². The molecule has 2 atom stereocenters. The Balaban J connectivity index is 0.00000196. The molecule has 0 radical (unpaired) electrons. The number of hydrogen-bond acceptors (Lipinski definition) is 2. The zero-order valence-electron chi connectivity index (χ0n) is 14.9. The maximum Gasteiger partial charge on any atom is 0.144 e. The number of aromatic nitrogens is 2. The van der Waals surface area contributed by atoms with Gasteiger partial charge in [-0.25, -0.2) is 0 Å². The molecule has 1 aromatic heterocycles. The molecule has 0 aromatic carbocycles. The summed E-state index contributed by atoms with van der Waals surface area (Å²) in [5.41, 5.74) is 3.44. The van der Waals surface area contributed by atoms with E-state index in [1.165, 1.54) is 19.3 Å². The van der Waals surface area contributed by atoms with Gasteiger partial charge < -0.3 is 0 Å². The van der Waals surface area contributed by atoms with Gasteiger partial charge in [0, 0.05) is 19.1 Å². The molecule has 0 saturated heterocycles. The third-order valence-corrected chi connectivity index (χ3v) is 6.43. The summed E-state index contributed by atoms with van der Waals surface area (Å²) in [5, 5.41) is 7.64. The van der Waals surface area contributed by atoms with Crippen LogP contribution in [0.15, 0.2) is 48.6 Å². The fraction of sp³-hybridized carbons (Fsp3) is 0.455. The van der Waals surface area contributed by atoms with Crippen molar-refractivity contribution >= 4 is 11.4 Å². The molecule has 25 heavy (non-hydrogen) atoms. The minimum atomic E-state index is -0.417. The third kappa shape index (κ3) is 2.97. The summed E-state index contributed by atoms with van der Waals surface area (Å²) in [6, 6.07) is 2.06. The number of rotatable bonds is 3. The Kier molecular flexibility index (Phi) is 4.10. The largest absolute Gasteiger partial charge is 0.299 e. The number of nitrogens with one attached hydrogen (secondary N) is 1. The van der Waals surface area contributed by atoms with Crippen molar-refractivity contribution in [1.82, 2.24) is 10.2 Å². The van der Waals surface area contributed by atoms with Crippen molar-refractivity contribution in [3.8, 4) is 0 Å². The summed E-state index contributed by atoms with van der Waals surface area (Å²) < 4.78 is 0.